The summed E-state index contributed by atoms with van der Waals surface area (Å²) < 4.78 is 0. The van der Waals surface area contributed by atoms with Crippen molar-refractivity contribution < 1.29 is 19.2 Å². The van der Waals surface area contributed by atoms with Gasteiger partial charge in [0.15, 0.2) is 6.29 Å². The largest absolute Gasteiger partial charge is 0.330 e. The molecule has 0 aromatic heterocycles. The van der Waals surface area contributed by atoms with Crippen LogP contribution in [0.25, 0.3) is 0 Å². The number of benzene rings is 1. The lowest BCUT2D eigenvalue weighted by molar-refractivity contribution is -0.128. The van der Waals surface area contributed by atoms with Crippen LogP contribution in [0.3, 0.4) is 0 Å². The summed E-state index contributed by atoms with van der Waals surface area (Å²) in [6.07, 6.45) is 11.1. The van der Waals surface area contributed by atoms with Crippen molar-refractivity contribution in [3.8, 4) is 0 Å². The Labute approximate surface area is 198 Å². The molecule has 7 heteroatoms. The predicted octanol–water partition coefficient (Wildman–Crippen LogP) is 3.85. The quantitative estimate of drug-likeness (QED) is 0.282. The van der Waals surface area contributed by atoms with Gasteiger partial charge in [-0.3, -0.25) is 24.5 Å². The van der Waals surface area contributed by atoms with Crippen LogP contribution < -0.4 is 5.32 Å². The molecular weight excluding hydrogens is 418 g/mol. The van der Waals surface area contributed by atoms with Gasteiger partial charge in [0.1, 0.15) is 6.04 Å². The first-order valence-corrected chi connectivity index (χ1v) is 12.1. The molecule has 0 heterocycles. The van der Waals surface area contributed by atoms with Gasteiger partial charge >= 0.3 is 0 Å². The van der Waals surface area contributed by atoms with Gasteiger partial charge < -0.3 is 9.80 Å². The molecule has 0 fully saturated rings. The molecule has 1 aromatic rings. The fraction of sp³-hybridized carbons (Fsp3) is 0.615. The summed E-state index contributed by atoms with van der Waals surface area (Å²) in [7, 11) is 5.73. The SMILES string of the molecule is CCCC(C(=O)NC=O)N(C)C(=O)c1cccc(CCCCCCCCCN(C)C)c1C=O. The lowest BCUT2D eigenvalue weighted by Crippen LogP contribution is -2.47. The van der Waals surface area contributed by atoms with Crippen LogP contribution in [0.5, 0.6) is 0 Å². The highest BCUT2D eigenvalue weighted by Gasteiger charge is 2.28. The predicted molar refractivity (Wildman–Crippen MR) is 131 cm³/mol. The molecule has 1 atom stereocenters. The van der Waals surface area contributed by atoms with E-state index in [4.69, 9.17) is 0 Å². The van der Waals surface area contributed by atoms with E-state index in [1.165, 1.54) is 44.1 Å². The second-order valence-corrected chi connectivity index (χ2v) is 8.87. The number of amides is 3. The molecule has 33 heavy (non-hydrogen) atoms. The molecule has 1 unspecified atom stereocenters. The fourth-order valence-electron chi connectivity index (χ4n) is 4.04. The first-order chi connectivity index (χ1) is 15.9. The molecule has 1 N–H and O–H groups in total. The minimum Gasteiger partial charge on any atom is -0.330 e. The van der Waals surface area contributed by atoms with Crippen molar-refractivity contribution in [3.05, 3.63) is 34.9 Å². The Balaban J connectivity index is 2.70. The number of carbonyl (C=O) groups excluding carboxylic acids is 4. The van der Waals surface area contributed by atoms with E-state index < -0.39 is 17.9 Å². The molecular formula is C26H41N3O4. The van der Waals surface area contributed by atoms with Gasteiger partial charge in [0.05, 0.1) is 5.56 Å². The molecule has 0 aliphatic carbocycles. The van der Waals surface area contributed by atoms with E-state index in [9.17, 15) is 19.2 Å². The lowest BCUT2D eigenvalue weighted by Gasteiger charge is -2.27. The molecule has 0 aliphatic heterocycles. The highest BCUT2D eigenvalue weighted by Crippen LogP contribution is 2.20. The van der Waals surface area contributed by atoms with E-state index in [2.05, 4.69) is 24.3 Å². The van der Waals surface area contributed by atoms with Crippen LogP contribution in [0.15, 0.2) is 18.2 Å². The monoisotopic (exact) mass is 459 g/mol. The van der Waals surface area contributed by atoms with E-state index in [0.29, 0.717) is 30.4 Å². The highest BCUT2D eigenvalue weighted by molar-refractivity contribution is 6.04. The number of likely N-dealkylation sites (N-methyl/N-ethyl adjacent to an activating group) is 1. The van der Waals surface area contributed by atoms with Gasteiger partial charge in [-0.05, 0) is 58.0 Å². The van der Waals surface area contributed by atoms with Gasteiger partial charge in [-0.2, -0.15) is 0 Å². The van der Waals surface area contributed by atoms with Crippen LogP contribution >= 0.6 is 0 Å². The second kappa shape index (κ2) is 16.1. The Bertz CT molecular complexity index is 764. The number of aryl methyl sites for hydroxylation is 1. The molecule has 184 valence electrons. The van der Waals surface area contributed by atoms with Gasteiger partial charge in [0.25, 0.3) is 5.91 Å². The van der Waals surface area contributed by atoms with Crippen LogP contribution in [0.4, 0.5) is 0 Å². The maximum absolute atomic E-state index is 13.1. The average Bonchev–Trinajstić information content (AvgIpc) is 2.80. The zero-order valence-corrected chi connectivity index (χ0v) is 20.8. The third-order valence-corrected chi connectivity index (χ3v) is 5.95. The highest BCUT2D eigenvalue weighted by atomic mass is 16.2. The Morgan fingerprint density at radius 2 is 1.61 bits per heavy atom. The fourth-order valence-corrected chi connectivity index (χ4v) is 4.04. The number of imide groups is 1. The molecule has 1 aromatic carbocycles. The molecule has 3 amide bonds. The van der Waals surface area contributed by atoms with Crippen LogP contribution in [-0.4, -0.2) is 68.0 Å². The number of hydrogen-bond acceptors (Lipinski definition) is 5. The van der Waals surface area contributed by atoms with Crippen LogP contribution in [-0.2, 0) is 16.0 Å². The van der Waals surface area contributed by atoms with Crippen molar-refractivity contribution in [1.82, 2.24) is 15.1 Å². The average molecular weight is 460 g/mol. The van der Waals surface area contributed by atoms with E-state index >= 15 is 0 Å². The Morgan fingerprint density at radius 3 is 2.18 bits per heavy atom. The number of nitrogens with zero attached hydrogens (tertiary/aromatic N) is 2. The first-order valence-electron chi connectivity index (χ1n) is 12.1. The Kier molecular flexibility index (Phi) is 13.9. The van der Waals surface area contributed by atoms with E-state index in [0.717, 1.165) is 37.7 Å². The summed E-state index contributed by atoms with van der Waals surface area (Å²) in [4.78, 5) is 51.5. The lowest BCUT2D eigenvalue weighted by atomic mass is 9.96. The maximum atomic E-state index is 13.1. The zero-order chi connectivity index (χ0) is 24.6. The number of aldehydes is 1. The van der Waals surface area contributed by atoms with Gasteiger partial charge in [0, 0.05) is 12.6 Å². The summed E-state index contributed by atoms with van der Waals surface area (Å²) in [5.74, 6) is -0.913. The summed E-state index contributed by atoms with van der Waals surface area (Å²) in [6.45, 7) is 3.04. The standard InChI is InChI=1S/C26H41N3O4/c1-5-14-24(25(32)27-20-31)29(4)26(33)22-17-13-16-21(23(22)19-30)15-11-9-7-6-8-10-12-18-28(2)3/h13,16-17,19-20,24H,5-12,14-15,18H2,1-4H3,(H,27,31,32). The third-order valence-electron chi connectivity index (χ3n) is 5.95. The molecule has 0 saturated carbocycles. The van der Waals surface area contributed by atoms with Gasteiger partial charge in [-0.15, -0.1) is 0 Å². The van der Waals surface area contributed by atoms with E-state index in [-0.39, 0.29) is 0 Å². The topological polar surface area (TPSA) is 86.8 Å². The summed E-state index contributed by atoms with van der Waals surface area (Å²) in [5, 5.41) is 2.13. The Morgan fingerprint density at radius 1 is 0.970 bits per heavy atom. The number of nitrogens with one attached hydrogen (secondary N) is 1. The van der Waals surface area contributed by atoms with Crippen LogP contribution in [0, 0.1) is 0 Å². The first kappa shape index (κ1) is 28.5. The number of unbranched alkanes of at least 4 members (excludes halogenated alkanes) is 6. The molecule has 0 aliphatic rings. The van der Waals surface area contributed by atoms with Crippen molar-refractivity contribution >= 4 is 24.5 Å². The summed E-state index contributed by atoms with van der Waals surface area (Å²) in [6, 6.07) is 4.54. The molecule has 1 rings (SSSR count). The molecule has 0 saturated heterocycles. The minimum atomic E-state index is -0.770. The van der Waals surface area contributed by atoms with Crippen molar-refractivity contribution in [2.45, 2.75) is 77.2 Å². The number of rotatable bonds is 17. The maximum Gasteiger partial charge on any atom is 0.255 e. The summed E-state index contributed by atoms with van der Waals surface area (Å²) in [5.41, 5.74) is 1.55. The van der Waals surface area contributed by atoms with E-state index in [1.54, 1.807) is 12.1 Å². The Hall–Kier alpha value is -2.54. The van der Waals surface area contributed by atoms with Crippen LogP contribution in [0.2, 0.25) is 0 Å². The van der Waals surface area contributed by atoms with Crippen molar-refractivity contribution in [1.29, 1.82) is 0 Å². The van der Waals surface area contributed by atoms with Crippen molar-refractivity contribution in [2.24, 2.45) is 0 Å². The van der Waals surface area contributed by atoms with Gasteiger partial charge in [0.2, 0.25) is 12.3 Å². The zero-order valence-electron chi connectivity index (χ0n) is 20.8. The van der Waals surface area contributed by atoms with Crippen molar-refractivity contribution in [2.75, 3.05) is 27.7 Å². The van der Waals surface area contributed by atoms with Crippen molar-refractivity contribution in [3.63, 3.8) is 0 Å². The third kappa shape index (κ3) is 9.86. The smallest absolute Gasteiger partial charge is 0.255 e. The normalized spacial score (nSPS) is 11.8. The molecule has 0 bridgehead atoms. The molecule has 0 spiro atoms. The number of carbonyl (C=O) groups is 4. The van der Waals surface area contributed by atoms with Gasteiger partial charge in [-0.1, -0.05) is 57.6 Å². The van der Waals surface area contributed by atoms with Gasteiger partial charge in [-0.25, -0.2) is 0 Å². The van der Waals surface area contributed by atoms with Crippen LogP contribution in [0.1, 0.15) is 91.0 Å². The van der Waals surface area contributed by atoms with E-state index in [1.807, 2.05) is 13.0 Å². The summed E-state index contributed by atoms with van der Waals surface area (Å²) >= 11 is 0. The molecule has 0 radical (unpaired) electrons. The minimum absolute atomic E-state index is 0.297. The number of hydrogen-bond donors (Lipinski definition) is 1. The molecule has 7 nitrogen and oxygen atoms in total. The second-order valence-electron chi connectivity index (χ2n) is 8.87.